The van der Waals surface area contributed by atoms with Crippen molar-refractivity contribution < 1.29 is 14.3 Å². The molecule has 0 fully saturated rings. The first-order valence-corrected chi connectivity index (χ1v) is 10.3. The fourth-order valence-electron chi connectivity index (χ4n) is 3.22. The maximum atomic E-state index is 13.2. The smallest absolute Gasteiger partial charge is 0.255 e. The number of nitrogens with zero attached hydrogens (tertiary/aromatic N) is 3. The molecule has 0 aliphatic carbocycles. The zero-order valence-electron chi connectivity index (χ0n) is 17.4. The van der Waals surface area contributed by atoms with Gasteiger partial charge in [-0.05, 0) is 49.6 Å². The van der Waals surface area contributed by atoms with Gasteiger partial charge < -0.3 is 18.8 Å². The molecule has 29 heavy (non-hydrogen) atoms. The van der Waals surface area contributed by atoms with Crippen molar-refractivity contribution in [2.24, 2.45) is 0 Å². The topological polar surface area (TPSA) is 56.1 Å². The molecule has 1 amide bonds. The Morgan fingerprint density at radius 3 is 2.69 bits per heavy atom. The lowest BCUT2D eigenvalue weighted by atomic mass is 10.1. The summed E-state index contributed by atoms with van der Waals surface area (Å²) in [6, 6.07) is 9.61. The summed E-state index contributed by atoms with van der Waals surface area (Å²) in [7, 11) is 0. The molecular weight excluding hydrogens is 366 g/mol. The Morgan fingerprint density at radius 2 is 1.93 bits per heavy atom. The van der Waals surface area contributed by atoms with Crippen LogP contribution in [0, 0.1) is 0 Å². The lowest BCUT2D eigenvalue weighted by Gasteiger charge is -2.23. The lowest BCUT2D eigenvalue weighted by Crippen LogP contribution is -2.31. The van der Waals surface area contributed by atoms with Crippen molar-refractivity contribution in [2.45, 2.75) is 40.2 Å². The van der Waals surface area contributed by atoms with E-state index >= 15 is 0 Å². The number of hydrogen-bond donors (Lipinski definition) is 0. The van der Waals surface area contributed by atoms with Crippen molar-refractivity contribution in [2.75, 3.05) is 19.8 Å². The van der Waals surface area contributed by atoms with Crippen LogP contribution in [-0.4, -0.2) is 40.0 Å². The number of carbonyl (C=O) groups excluding carboxylic acids is 1. The van der Waals surface area contributed by atoms with E-state index in [9.17, 15) is 4.79 Å². The summed E-state index contributed by atoms with van der Waals surface area (Å²) < 4.78 is 13.4. The first-order chi connectivity index (χ1) is 14.2. The molecule has 6 nitrogen and oxygen atoms in total. The van der Waals surface area contributed by atoms with E-state index in [-0.39, 0.29) is 5.91 Å². The van der Waals surface area contributed by atoms with Crippen LogP contribution in [-0.2, 0) is 6.54 Å². The van der Waals surface area contributed by atoms with Gasteiger partial charge in [-0.1, -0.05) is 19.9 Å². The van der Waals surface area contributed by atoms with E-state index in [1.54, 1.807) is 6.20 Å². The second kappa shape index (κ2) is 9.96. The van der Waals surface area contributed by atoms with Gasteiger partial charge in [-0.25, -0.2) is 4.98 Å². The van der Waals surface area contributed by atoms with E-state index < -0.39 is 0 Å². The number of aromatic nitrogens is 2. The number of hydrogen-bond acceptors (Lipinski definition) is 4. The van der Waals surface area contributed by atoms with Crippen molar-refractivity contribution >= 4 is 11.6 Å². The van der Waals surface area contributed by atoms with Crippen molar-refractivity contribution in [3.8, 4) is 11.5 Å². The molecule has 0 saturated carbocycles. The number of benzene rings is 1. The summed E-state index contributed by atoms with van der Waals surface area (Å²) in [6.07, 6.45) is 7.23. The molecule has 0 radical (unpaired) electrons. The zero-order chi connectivity index (χ0) is 20.6. The SMILES string of the molecule is CCCOc1ccc(CN(CCC)C(=O)c2ccc3nccn3c2)cc1OCC. The first kappa shape index (κ1) is 20.7. The van der Waals surface area contributed by atoms with Crippen LogP contribution < -0.4 is 9.47 Å². The van der Waals surface area contributed by atoms with Gasteiger partial charge in [0.15, 0.2) is 11.5 Å². The quantitative estimate of drug-likeness (QED) is 0.504. The fourth-order valence-corrected chi connectivity index (χ4v) is 3.22. The van der Waals surface area contributed by atoms with Gasteiger partial charge in [0.25, 0.3) is 5.91 Å². The standard InChI is InChI=1S/C23H29N3O3/c1-4-12-26(23(27)19-8-10-22-24-11-13-25(22)17-19)16-18-7-9-20(29-14-5-2)21(15-18)28-6-3/h7-11,13,15,17H,4-6,12,14,16H2,1-3H3. The lowest BCUT2D eigenvalue weighted by molar-refractivity contribution is 0.0742. The highest BCUT2D eigenvalue weighted by Crippen LogP contribution is 2.29. The van der Waals surface area contributed by atoms with E-state index in [2.05, 4.69) is 18.8 Å². The maximum Gasteiger partial charge on any atom is 0.255 e. The number of imidazole rings is 1. The normalized spacial score (nSPS) is 10.9. The minimum atomic E-state index is 0.00622. The highest BCUT2D eigenvalue weighted by atomic mass is 16.5. The third-order valence-electron chi connectivity index (χ3n) is 4.56. The van der Waals surface area contributed by atoms with E-state index in [0.717, 1.165) is 35.6 Å². The summed E-state index contributed by atoms with van der Waals surface area (Å²) in [6.45, 7) is 8.51. The van der Waals surface area contributed by atoms with Crippen molar-refractivity contribution in [1.82, 2.24) is 14.3 Å². The largest absolute Gasteiger partial charge is 0.490 e. The van der Waals surface area contributed by atoms with E-state index in [4.69, 9.17) is 9.47 Å². The second-order valence-electron chi connectivity index (χ2n) is 6.90. The van der Waals surface area contributed by atoms with Gasteiger partial charge in [0.2, 0.25) is 0 Å². The molecule has 6 heteroatoms. The van der Waals surface area contributed by atoms with Crippen LogP contribution >= 0.6 is 0 Å². The van der Waals surface area contributed by atoms with E-state index in [0.29, 0.717) is 31.9 Å². The molecule has 154 valence electrons. The fraction of sp³-hybridized carbons (Fsp3) is 0.391. The molecule has 0 atom stereocenters. The number of ether oxygens (including phenoxy) is 2. The van der Waals surface area contributed by atoms with Crippen LogP contribution in [0.25, 0.3) is 5.65 Å². The Labute approximate surface area is 172 Å². The molecule has 0 unspecified atom stereocenters. The van der Waals surface area contributed by atoms with Gasteiger partial charge in [0.05, 0.1) is 18.8 Å². The molecule has 3 rings (SSSR count). The summed E-state index contributed by atoms with van der Waals surface area (Å²) in [5.41, 5.74) is 2.49. The van der Waals surface area contributed by atoms with E-state index in [1.165, 1.54) is 0 Å². The monoisotopic (exact) mass is 395 g/mol. The van der Waals surface area contributed by atoms with Gasteiger partial charge >= 0.3 is 0 Å². The van der Waals surface area contributed by atoms with Crippen LogP contribution in [0.15, 0.2) is 48.9 Å². The Hall–Kier alpha value is -3.02. The number of carbonyl (C=O) groups is 1. The maximum absolute atomic E-state index is 13.2. The molecular formula is C23H29N3O3. The molecule has 1 aromatic carbocycles. The van der Waals surface area contributed by atoms with Crippen molar-refractivity contribution in [3.63, 3.8) is 0 Å². The molecule has 0 saturated heterocycles. The van der Waals surface area contributed by atoms with Crippen molar-refractivity contribution in [3.05, 3.63) is 60.0 Å². The van der Waals surface area contributed by atoms with Crippen LogP contribution in [0.2, 0.25) is 0 Å². The Kier molecular flexibility index (Phi) is 7.11. The molecule has 2 heterocycles. The molecule has 0 aliphatic heterocycles. The molecule has 3 aromatic rings. The van der Waals surface area contributed by atoms with Gasteiger partial charge in [0, 0.05) is 31.7 Å². The van der Waals surface area contributed by atoms with Gasteiger partial charge in [0.1, 0.15) is 5.65 Å². The minimum Gasteiger partial charge on any atom is -0.490 e. The number of amides is 1. The first-order valence-electron chi connectivity index (χ1n) is 10.3. The summed E-state index contributed by atoms with van der Waals surface area (Å²) in [5.74, 6) is 1.48. The van der Waals surface area contributed by atoms with Crippen LogP contribution in [0.1, 0.15) is 49.5 Å². The Balaban J connectivity index is 1.81. The molecule has 0 N–H and O–H groups in total. The minimum absolute atomic E-state index is 0.00622. The van der Waals surface area contributed by atoms with Crippen molar-refractivity contribution in [1.29, 1.82) is 0 Å². The van der Waals surface area contributed by atoms with Crippen LogP contribution in [0.5, 0.6) is 11.5 Å². The highest BCUT2D eigenvalue weighted by Gasteiger charge is 2.17. The zero-order valence-corrected chi connectivity index (χ0v) is 17.4. The number of fused-ring (bicyclic) bond motifs is 1. The average Bonchev–Trinajstić information content (AvgIpc) is 3.20. The second-order valence-corrected chi connectivity index (χ2v) is 6.90. The van der Waals surface area contributed by atoms with Crippen LogP contribution in [0.4, 0.5) is 0 Å². The Morgan fingerprint density at radius 1 is 1.07 bits per heavy atom. The van der Waals surface area contributed by atoms with Gasteiger partial charge in [-0.2, -0.15) is 0 Å². The third-order valence-corrected chi connectivity index (χ3v) is 4.56. The number of pyridine rings is 1. The predicted molar refractivity (Wildman–Crippen MR) is 114 cm³/mol. The Bertz CT molecular complexity index is 951. The summed E-state index contributed by atoms with van der Waals surface area (Å²) >= 11 is 0. The van der Waals surface area contributed by atoms with Gasteiger partial charge in [-0.15, -0.1) is 0 Å². The van der Waals surface area contributed by atoms with E-state index in [1.807, 2.05) is 58.9 Å². The highest BCUT2D eigenvalue weighted by molar-refractivity contribution is 5.94. The molecule has 0 spiro atoms. The molecule has 0 aliphatic rings. The summed E-state index contributed by atoms with van der Waals surface area (Å²) in [5, 5.41) is 0. The third kappa shape index (κ3) is 5.08. The number of rotatable bonds is 10. The molecule has 2 aromatic heterocycles. The predicted octanol–water partition coefficient (Wildman–Crippen LogP) is 4.57. The molecule has 0 bridgehead atoms. The average molecular weight is 396 g/mol. The van der Waals surface area contributed by atoms with Crippen LogP contribution in [0.3, 0.4) is 0 Å². The summed E-state index contributed by atoms with van der Waals surface area (Å²) in [4.78, 5) is 19.3. The van der Waals surface area contributed by atoms with Gasteiger partial charge in [-0.3, -0.25) is 4.79 Å².